The first-order valence-corrected chi connectivity index (χ1v) is 11.0. The number of ether oxygens (including phenoxy) is 1. The summed E-state index contributed by atoms with van der Waals surface area (Å²) in [5.74, 6) is 0.276. The van der Waals surface area contributed by atoms with E-state index in [-0.39, 0.29) is 18.5 Å². The predicted octanol–water partition coefficient (Wildman–Crippen LogP) is 3.35. The van der Waals surface area contributed by atoms with Crippen molar-refractivity contribution < 1.29 is 17.9 Å². The SMILES string of the molecule is CCOc1ccc(N(CC(=O)N[C@@H](C)c2ccc(C)c(C)c2)S(C)(=O)=O)cc1. The molecule has 28 heavy (non-hydrogen) atoms. The van der Waals surface area contributed by atoms with Gasteiger partial charge in [0.05, 0.1) is 24.6 Å². The van der Waals surface area contributed by atoms with Gasteiger partial charge in [-0.1, -0.05) is 18.2 Å². The van der Waals surface area contributed by atoms with E-state index in [0.717, 1.165) is 21.7 Å². The molecule has 1 atom stereocenters. The van der Waals surface area contributed by atoms with Crippen molar-refractivity contribution in [3.05, 3.63) is 59.2 Å². The lowest BCUT2D eigenvalue weighted by atomic mass is 10.0. The van der Waals surface area contributed by atoms with Gasteiger partial charge in [0.1, 0.15) is 12.3 Å². The van der Waals surface area contributed by atoms with Crippen LogP contribution in [0.15, 0.2) is 42.5 Å². The van der Waals surface area contributed by atoms with Crippen LogP contribution in [-0.2, 0) is 14.8 Å². The highest BCUT2D eigenvalue weighted by atomic mass is 32.2. The number of hydrogen-bond donors (Lipinski definition) is 1. The Hall–Kier alpha value is -2.54. The quantitative estimate of drug-likeness (QED) is 0.732. The van der Waals surface area contributed by atoms with Gasteiger partial charge in [0.2, 0.25) is 15.9 Å². The maximum absolute atomic E-state index is 12.5. The van der Waals surface area contributed by atoms with Gasteiger partial charge in [-0.15, -0.1) is 0 Å². The van der Waals surface area contributed by atoms with Gasteiger partial charge >= 0.3 is 0 Å². The molecule has 0 aromatic heterocycles. The normalized spacial score (nSPS) is 12.3. The summed E-state index contributed by atoms with van der Waals surface area (Å²) in [5, 5.41) is 2.88. The minimum absolute atomic E-state index is 0.228. The Morgan fingerprint density at radius 3 is 2.29 bits per heavy atom. The lowest BCUT2D eigenvalue weighted by Crippen LogP contribution is -2.41. The Balaban J connectivity index is 2.13. The first kappa shape index (κ1) is 21.8. The summed E-state index contributed by atoms with van der Waals surface area (Å²) in [6.07, 6.45) is 1.09. The molecule has 0 bridgehead atoms. The standard InChI is InChI=1S/C21H28N2O4S/c1-6-27-20-11-9-19(10-12-20)23(28(5,25)26)14-21(24)22-17(4)18-8-7-15(2)16(3)13-18/h7-13,17H,6,14H2,1-5H3,(H,22,24)/t17-/m0/s1. The highest BCUT2D eigenvalue weighted by molar-refractivity contribution is 7.92. The van der Waals surface area contributed by atoms with E-state index in [1.54, 1.807) is 24.3 Å². The van der Waals surface area contributed by atoms with E-state index in [4.69, 9.17) is 4.74 Å². The Kier molecular flexibility index (Phi) is 7.07. The lowest BCUT2D eigenvalue weighted by Gasteiger charge is -2.23. The van der Waals surface area contributed by atoms with Gasteiger partial charge in [-0.3, -0.25) is 9.10 Å². The zero-order valence-electron chi connectivity index (χ0n) is 17.0. The van der Waals surface area contributed by atoms with Crippen LogP contribution in [0.5, 0.6) is 5.75 Å². The number of aryl methyl sites for hydroxylation is 2. The molecule has 0 spiro atoms. The molecule has 2 aromatic rings. The number of anilines is 1. The second kappa shape index (κ2) is 9.10. The average Bonchev–Trinajstić information content (AvgIpc) is 2.62. The first-order chi connectivity index (χ1) is 13.1. The van der Waals surface area contributed by atoms with Crippen LogP contribution in [0.25, 0.3) is 0 Å². The number of nitrogens with one attached hydrogen (secondary N) is 1. The summed E-state index contributed by atoms with van der Waals surface area (Å²) >= 11 is 0. The molecule has 6 nitrogen and oxygen atoms in total. The number of sulfonamides is 1. The molecule has 0 saturated carbocycles. The Morgan fingerprint density at radius 2 is 1.75 bits per heavy atom. The monoisotopic (exact) mass is 404 g/mol. The van der Waals surface area contributed by atoms with E-state index >= 15 is 0 Å². The van der Waals surface area contributed by atoms with Gasteiger partial charge in [-0.25, -0.2) is 8.42 Å². The van der Waals surface area contributed by atoms with Gasteiger partial charge in [0.15, 0.2) is 0 Å². The smallest absolute Gasteiger partial charge is 0.241 e. The molecule has 0 saturated heterocycles. The van der Waals surface area contributed by atoms with E-state index in [1.165, 1.54) is 5.56 Å². The van der Waals surface area contributed by atoms with Crippen molar-refractivity contribution in [1.82, 2.24) is 5.32 Å². The van der Waals surface area contributed by atoms with Crippen LogP contribution in [0.1, 0.15) is 36.6 Å². The van der Waals surface area contributed by atoms with E-state index in [9.17, 15) is 13.2 Å². The number of carbonyl (C=O) groups excluding carboxylic acids is 1. The molecular weight excluding hydrogens is 376 g/mol. The minimum atomic E-state index is -3.62. The highest BCUT2D eigenvalue weighted by Gasteiger charge is 2.22. The summed E-state index contributed by atoms with van der Waals surface area (Å²) in [6, 6.07) is 12.4. The summed E-state index contributed by atoms with van der Waals surface area (Å²) in [5.41, 5.74) is 3.72. The summed E-state index contributed by atoms with van der Waals surface area (Å²) in [4.78, 5) is 12.5. The number of amides is 1. The third-order valence-corrected chi connectivity index (χ3v) is 5.67. The molecule has 7 heteroatoms. The lowest BCUT2D eigenvalue weighted by molar-refractivity contribution is -0.120. The second-order valence-corrected chi connectivity index (χ2v) is 8.74. The Bertz CT molecular complexity index is 924. The zero-order chi connectivity index (χ0) is 20.9. The summed E-state index contributed by atoms with van der Waals surface area (Å²) in [6.45, 7) is 8.03. The maximum Gasteiger partial charge on any atom is 0.241 e. The van der Waals surface area contributed by atoms with Crippen LogP contribution in [0.3, 0.4) is 0 Å². The largest absolute Gasteiger partial charge is 0.494 e. The third-order valence-electron chi connectivity index (χ3n) is 4.53. The average molecular weight is 405 g/mol. The number of rotatable bonds is 8. The van der Waals surface area contributed by atoms with Crippen LogP contribution >= 0.6 is 0 Å². The molecule has 2 aromatic carbocycles. The van der Waals surface area contributed by atoms with Crippen molar-refractivity contribution in [1.29, 1.82) is 0 Å². The molecule has 0 aliphatic carbocycles. The molecular formula is C21H28N2O4S. The molecule has 0 radical (unpaired) electrons. The zero-order valence-corrected chi connectivity index (χ0v) is 17.8. The van der Waals surface area contributed by atoms with Crippen molar-refractivity contribution in [3.8, 4) is 5.75 Å². The van der Waals surface area contributed by atoms with Gasteiger partial charge in [-0.05, 0) is 68.7 Å². The van der Waals surface area contributed by atoms with Crippen molar-refractivity contribution in [2.75, 3.05) is 23.7 Å². The predicted molar refractivity (Wildman–Crippen MR) is 112 cm³/mol. The minimum Gasteiger partial charge on any atom is -0.494 e. The Morgan fingerprint density at radius 1 is 1.11 bits per heavy atom. The van der Waals surface area contributed by atoms with Crippen molar-refractivity contribution in [3.63, 3.8) is 0 Å². The van der Waals surface area contributed by atoms with Crippen LogP contribution in [0.4, 0.5) is 5.69 Å². The fourth-order valence-corrected chi connectivity index (χ4v) is 3.67. The maximum atomic E-state index is 12.5. The van der Waals surface area contributed by atoms with Crippen molar-refractivity contribution in [2.45, 2.75) is 33.7 Å². The van der Waals surface area contributed by atoms with Crippen LogP contribution < -0.4 is 14.4 Å². The molecule has 1 N–H and O–H groups in total. The van der Waals surface area contributed by atoms with Gasteiger partial charge < -0.3 is 10.1 Å². The second-order valence-electron chi connectivity index (χ2n) is 6.83. The molecule has 1 amide bonds. The highest BCUT2D eigenvalue weighted by Crippen LogP contribution is 2.22. The molecule has 0 heterocycles. The van der Waals surface area contributed by atoms with Gasteiger partial charge in [0, 0.05) is 0 Å². The van der Waals surface area contributed by atoms with Crippen molar-refractivity contribution in [2.24, 2.45) is 0 Å². The molecule has 0 unspecified atom stereocenters. The van der Waals surface area contributed by atoms with Gasteiger partial charge in [-0.2, -0.15) is 0 Å². The topological polar surface area (TPSA) is 75.7 Å². The van der Waals surface area contributed by atoms with Crippen LogP contribution in [0.2, 0.25) is 0 Å². The molecule has 0 fully saturated rings. The number of benzene rings is 2. The first-order valence-electron chi connectivity index (χ1n) is 9.19. The third kappa shape index (κ3) is 5.73. The fourth-order valence-electron chi connectivity index (χ4n) is 2.81. The number of nitrogens with zero attached hydrogens (tertiary/aromatic N) is 1. The Labute approximate surface area is 167 Å². The van der Waals surface area contributed by atoms with Crippen molar-refractivity contribution >= 4 is 21.6 Å². The molecule has 2 rings (SSSR count). The molecule has 0 aliphatic rings. The number of hydrogen-bond acceptors (Lipinski definition) is 4. The van der Waals surface area contributed by atoms with Gasteiger partial charge in [0.25, 0.3) is 0 Å². The van der Waals surface area contributed by atoms with Crippen LogP contribution in [-0.4, -0.2) is 33.7 Å². The fraction of sp³-hybridized carbons (Fsp3) is 0.381. The molecule has 0 aliphatic heterocycles. The van der Waals surface area contributed by atoms with E-state index in [1.807, 2.05) is 45.9 Å². The summed E-state index contributed by atoms with van der Waals surface area (Å²) in [7, 11) is -3.62. The van der Waals surface area contributed by atoms with E-state index in [0.29, 0.717) is 18.0 Å². The summed E-state index contributed by atoms with van der Waals surface area (Å²) < 4.78 is 30.9. The molecule has 152 valence electrons. The van der Waals surface area contributed by atoms with Crippen LogP contribution in [0, 0.1) is 13.8 Å². The number of carbonyl (C=O) groups is 1. The van der Waals surface area contributed by atoms with E-state index < -0.39 is 10.0 Å². The van der Waals surface area contributed by atoms with E-state index in [2.05, 4.69) is 5.32 Å².